The smallest absolute Gasteiger partial charge is 0.326 e. The third kappa shape index (κ3) is 2.13. The maximum atomic E-state index is 11.4. The number of urea groups is 1. The number of aryl methyl sites for hydroxylation is 2. The molecule has 3 N–H and O–H groups in total. The normalized spacial score (nSPS) is 17.2. The highest BCUT2D eigenvalue weighted by Crippen LogP contribution is 2.23. The van der Waals surface area contributed by atoms with Crippen molar-refractivity contribution in [2.24, 2.45) is 0 Å². The minimum Gasteiger partial charge on any atom is -0.508 e. The number of phenolic OH excluding ortho intramolecular Hbond substituents is 1. The van der Waals surface area contributed by atoms with Gasteiger partial charge in [-0.05, 0) is 48.7 Å². The van der Waals surface area contributed by atoms with E-state index in [1.54, 1.807) is 18.2 Å². The Morgan fingerprint density at radius 3 is 2.18 bits per heavy atom. The van der Waals surface area contributed by atoms with Crippen molar-refractivity contribution in [3.8, 4) is 5.75 Å². The van der Waals surface area contributed by atoms with Crippen molar-refractivity contribution in [3.63, 3.8) is 0 Å². The molecule has 2 rings (SSSR count). The number of imide groups is 1. The van der Waals surface area contributed by atoms with Crippen LogP contribution in [0.5, 0.6) is 5.75 Å². The van der Waals surface area contributed by atoms with Crippen LogP contribution in [-0.4, -0.2) is 17.0 Å². The number of amides is 3. The molecule has 0 aromatic heterocycles. The summed E-state index contributed by atoms with van der Waals surface area (Å²) in [6.07, 6.45) is 1.60. The molecule has 0 radical (unpaired) electrons. The highest BCUT2D eigenvalue weighted by atomic mass is 16.3. The average Bonchev–Trinajstić information content (AvgIpc) is 2.51. The van der Waals surface area contributed by atoms with Crippen molar-refractivity contribution in [1.29, 1.82) is 0 Å². The molecule has 0 aliphatic carbocycles. The molecule has 0 spiro atoms. The molecule has 0 unspecified atom stereocenters. The van der Waals surface area contributed by atoms with Crippen LogP contribution in [0.25, 0.3) is 6.08 Å². The molecular weight excluding hydrogens is 220 g/mol. The Labute approximate surface area is 98.1 Å². The van der Waals surface area contributed by atoms with Gasteiger partial charge in [0.2, 0.25) is 0 Å². The Bertz CT molecular complexity index is 524. The Kier molecular flexibility index (Phi) is 2.59. The lowest BCUT2D eigenvalue weighted by atomic mass is 10.0. The summed E-state index contributed by atoms with van der Waals surface area (Å²) in [4.78, 5) is 22.3. The molecule has 0 bridgehead atoms. The van der Waals surface area contributed by atoms with Crippen molar-refractivity contribution in [2.75, 3.05) is 0 Å². The van der Waals surface area contributed by atoms with E-state index in [1.807, 2.05) is 13.8 Å². The van der Waals surface area contributed by atoms with E-state index in [9.17, 15) is 14.7 Å². The lowest BCUT2D eigenvalue weighted by Gasteiger charge is -2.06. The first-order valence-corrected chi connectivity index (χ1v) is 5.11. The summed E-state index contributed by atoms with van der Waals surface area (Å²) in [5.41, 5.74) is 2.70. The minimum absolute atomic E-state index is 0.182. The number of benzene rings is 1. The first-order valence-electron chi connectivity index (χ1n) is 5.11. The number of nitrogens with one attached hydrogen (secondary N) is 2. The minimum atomic E-state index is -0.518. The molecule has 1 fully saturated rings. The number of hydrogen-bond acceptors (Lipinski definition) is 3. The fraction of sp³-hybridized carbons (Fsp3) is 0.167. The van der Waals surface area contributed by atoms with E-state index in [2.05, 4.69) is 10.6 Å². The number of carbonyl (C=O) groups is 2. The molecule has 3 amide bonds. The van der Waals surface area contributed by atoms with Gasteiger partial charge >= 0.3 is 6.03 Å². The fourth-order valence-electron chi connectivity index (χ4n) is 1.81. The van der Waals surface area contributed by atoms with Gasteiger partial charge in [-0.2, -0.15) is 0 Å². The summed E-state index contributed by atoms with van der Waals surface area (Å²) in [5, 5.41) is 14.0. The summed E-state index contributed by atoms with van der Waals surface area (Å²) >= 11 is 0. The summed E-state index contributed by atoms with van der Waals surface area (Å²) < 4.78 is 0. The molecule has 0 saturated carbocycles. The Hall–Kier alpha value is -2.30. The van der Waals surface area contributed by atoms with Crippen LogP contribution >= 0.6 is 0 Å². The number of hydrogen-bond donors (Lipinski definition) is 3. The van der Waals surface area contributed by atoms with Gasteiger partial charge in [0.05, 0.1) is 0 Å². The van der Waals surface area contributed by atoms with E-state index in [1.165, 1.54) is 0 Å². The van der Waals surface area contributed by atoms with Gasteiger partial charge in [0.1, 0.15) is 11.4 Å². The third-order valence-corrected chi connectivity index (χ3v) is 2.59. The van der Waals surface area contributed by atoms with Gasteiger partial charge in [0.15, 0.2) is 0 Å². The Morgan fingerprint density at radius 2 is 1.71 bits per heavy atom. The van der Waals surface area contributed by atoms with Crippen LogP contribution in [-0.2, 0) is 4.79 Å². The van der Waals surface area contributed by atoms with E-state index in [0.29, 0.717) is 0 Å². The zero-order valence-electron chi connectivity index (χ0n) is 9.50. The van der Waals surface area contributed by atoms with Crippen LogP contribution in [0.2, 0.25) is 0 Å². The zero-order chi connectivity index (χ0) is 12.6. The lowest BCUT2D eigenvalue weighted by molar-refractivity contribution is -0.115. The van der Waals surface area contributed by atoms with E-state index in [4.69, 9.17) is 0 Å². The van der Waals surface area contributed by atoms with Crippen molar-refractivity contribution in [3.05, 3.63) is 34.5 Å². The van der Waals surface area contributed by atoms with Gasteiger partial charge in [-0.25, -0.2) is 4.79 Å². The molecule has 1 aliphatic heterocycles. The van der Waals surface area contributed by atoms with Gasteiger partial charge in [0, 0.05) is 0 Å². The quantitative estimate of drug-likeness (QED) is 0.502. The standard InChI is InChI=1S/C12H12N2O3/c1-6-3-8(15)4-7(2)9(6)5-10-11(16)14-12(17)13-10/h3-5,15H,1-2H3,(H2,13,14,16,17)/b10-5-. The number of aromatic hydroxyl groups is 1. The molecular formula is C12H12N2O3. The van der Waals surface area contributed by atoms with Gasteiger partial charge in [-0.3, -0.25) is 10.1 Å². The topological polar surface area (TPSA) is 78.4 Å². The third-order valence-electron chi connectivity index (χ3n) is 2.59. The predicted molar refractivity (Wildman–Crippen MR) is 62.2 cm³/mol. The van der Waals surface area contributed by atoms with E-state index < -0.39 is 11.9 Å². The largest absolute Gasteiger partial charge is 0.508 e. The van der Waals surface area contributed by atoms with Gasteiger partial charge in [-0.1, -0.05) is 0 Å². The second kappa shape index (κ2) is 3.93. The zero-order valence-corrected chi connectivity index (χ0v) is 9.50. The summed E-state index contributed by atoms with van der Waals surface area (Å²) in [6.45, 7) is 3.65. The van der Waals surface area contributed by atoms with E-state index in [0.717, 1.165) is 16.7 Å². The molecule has 5 heteroatoms. The fourth-order valence-corrected chi connectivity index (χ4v) is 1.81. The molecule has 1 heterocycles. The molecule has 1 saturated heterocycles. The van der Waals surface area contributed by atoms with Crippen LogP contribution in [0.4, 0.5) is 4.79 Å². The Balaban J connectivity index is 2.46. The van der Waals surface area contributed by atoms with Crippen LogP contribution < -0.4 is 10.6 Å². The Morgan fingerprint density at radius 1 is 1.12 bits per heavy atom. The van der Waals surface area contributed by atoms with Crippen molar-refractivity contribution < 1.29 is 14.7 Å². The predicted octanol–water partition coefficient (Wildman–Crippen LogP) is 1.19. The highest BCUT2D eigenvalue weighted by Gasteiger charge is 2.23. The number of carbonyl (C=O) groups excluding carboxylic acids is 2. The van der Waals surface area contributed by atoms with Crippen molar-refractivity contribution in [1.82, 2.24) is 10.6 Å². The summed E-state index contributed by atoms with van der Waals surface area (Å²) in [6, 6.07) is 2.69. The number of phenols is 1. The lowest BCUT2D eigenvalue weighted by Crippen LogP contribution is -2.22. The highest BCUT2D eigenvalue weighted by molar-refractivity contribution is 6.14. The van der Waals surface area contributed by atoms with Gasteiger partial charge < -0.3 is 10.4 Å². The molecule has 1 aromatic rings. The molecule has 5 nitrogen and oxygen atoms in total. The second-order valence-electron chi connectivity index (χ2n) is 3.96. The van der Waals surface area contributed by atoms with Crippen LogP contribution in [0, 0.1) is 13.8 Å². The maximum absolute atomic E-state index is 11.4. The second-order valence-corrected chi connectivity index (χ2v) is 3.96. The summed E-state index contributed by atoms with van der Waals surface area (Å²) in [7, 11) is 0. The van der Waals surface area contributed by atoms with Crippen LogP contribution in [0.3, 0.4) is 0 Å². The van der Waals surface area contributed by atoms with Crippen LogP contribution in [0.15, 0.2) is 17.8 Å². The molecule has 88 valence electrons. The van der Waals surface area contributed by atoms with Crippen LogP contribution in [0.1, 0.15) is 16.7 Å². The average molecular weight is 232 g/mol. The maximum Gasteiger partial charge on any atom is 0.326 e. The molecule has 1 aliphatic rings. The van der Waals surface area contributed by atoms with Gasteiger partial charge in [-0.15, -0.1) is 0 Å². The van der Waals surface area contributed by atoms with Crippen molar-refractivity contribution in [2.45, 2.75) is 13.8 Å². The molecule has 17 heavy (non-hydrogen) atoms. The molecule has 1 aromatic carbocycles. The first kappa shape index (κ1) is 11.2. The SMILES string of the molecule is Cc1cc(O)cc(C)c1/C=C1\NC(=O)NC1=O. The van der Waals surface area contributed by atoms with E-state index >= 15 is 0 Å². The first-order chi connectivity index (χ1) is 7.97. The van der Waals surface area contributed by atoms with E-state index in [-0.39, 0.29) is 11.4 Å². The van der Waals surface area contributed by atoms with Crippen molar-refractivity contribution >= 4 is 18.0 Å². The monoisotopic (exact) mass is 232 g/mol. The molecule has 0 atom stereocenters. The van der Waals surface area contributed by atoms with Gasteiger partial charge in [0.25, 0.3) is 5.91 Å². The number of rotatable bonds is 1. The summed E-state index contributed by atoms with van der Waals surface area (Å²) in [5.74, 6) is -0.260.